The first kappa shape index (κ1) is 13.5. The predicted molar refractivity (Wildman–Crippen MR) is 77.6 cm³/mol. The molecule has 2 N–H and O–H groups in total. The van der Waals surface area contributed by atoms with Crippen molar-refractivity contribution in [3.63, 3.8) is 0 Å². The summed E-state index contributed by atoms with van der Waals surface area (Å²) in [6, 6.07) is 9.77. The average molecular weight is 284 g/mol. The number of rotatable bonds is 3. The SMILES string of the molecule is Cc1c(F)cccc1-c1nc2ccc(C(=O)CO)cc2[nH]1. The van der Waals surface area contributed by atoms with E-state index in [2.05, 4.69) is 9.97 Å². The zero-order valence-corrected chi connectivity index (χ0v) is 11.4. The number of imidazole rings is 1. The van der Waals surface area contributed by atoms with Gasteiger partial charge in [0, 0.05) is 11.1 Å². The van der Waals surface area contributed by atoms with Gasteiger partial charge in [-0.05, 0) is 36.8 Å². The fourth-order valence-electron chi connectivity index (χ4n) is 2.27. The average Bonchev–Trinajstić information content (AvgIpc) is 2.91. The zero-order valence-electron chi connectivity index (χ0n) is 11.4. The highest BCUT2D eigenvalue weighted by atomic mass is 19.1. The second kappa shape index (κ2) is 5.10. The van der Waals surface area contributed by atoms with Gasteiger partial charge in [0.1, 0.15) is 18.2 Å². The molecule has 0 aliphatic carbocycles. The molecule has 0 saturated heterocycles. The lowest BCUT2D eigenvalue weighted by molar-refractivity contribution is 0.0904. The van der Waals surface area contributed by atoms with Crippen molar-refractivity contribution in [2.45, 2.75) is 6.92 Å². The van der Waals surface area contributed by atoms with Gasteiger partial charge in [-0.2, -0.15) is 0 Å². The number of carbonyl (C=O) groups excluding carboxylic acids is 1. The molecule has 0 unspecified atom stereocenters. The topological polar surface area (TPSA) is 66.0 Å². The van der Waals surface area contributed by atoms with E-state index >= 15 is 0 Å². The van der Waals surface area contributed by atoms with Gasteiger partial charge in [-0.15, -0.1) is 0 Å². The third-order valence-corrected chi connectivity index (χ3v) is 3.47. The Bertz CT molecular complexity index is 839. The summed E-state index contributed by atoms with van der Waals surface area (Å²) in [5, 5.41) is 8.89. The molecule has 0 atom stereocenters. The maximum atomic E-state index is 13.6. The molecule has 0 aliphatic heterocycles. The van der Waals surface area contributed by atoms with Gasteiger partial charge >= 0.3 is 0 Å². The summed E-state index contributed by atoms with van der Waals surface area (Å²) in [5.74, 6) is -0.0883. The Morgan fingerprint density at radius 2 is 2.14 bits per heavy atom. The van der Waals surface area contributed by atoms with E-state index in [9.17, 15) is 9.18 Å². The predicted octanol–water partition coefficient (Wildman–Crippen LogP) is 2.85. The molecule has 0 spiro atoms. The highest BCUT2D eigenvalue weighted by Crippen LogP contribution is 2.25. The van der Waals surface area contributed by atoms with Gasteiger partial charge in [0.2, 0.25) is 0 Å². The number of hydrogen-bond donors (Lipinski definition) is 2. The van der Waals surface area contributed by atoms with Crippen molar-refractivity contribution in [3.05, 3.63) is 53.3 Å². The van der Waals surface area contributed by atoms with E-state index in [0.717, 1.165) is 0 Å². The Morgan fingerprint density at radius 1 is 1.33 bits per heavy atom. The zero-order chi connectivity index (χ0) is 15.0. The fraction of sp³-hybridized carbons (Fsp3) is 0.125. The van der Waals surface area contributed by atoms with Crippen LogP contribution in [0.3, 0.4) is 0 Å². The van der Waals surface area contributed by atoms with E-state index < -0.39 is 6.61 Å². The number of nitrogens with zero attached hydrogens (tertiary/aromatic N) is 1. The lowest BCUT2D eigenvalue weighted by Crippen LogP contribution is -2.03. The van der Waals surface area contributed by atoms with Crippen LogP contribution in [-0.2, 0) is 0 Å². The summed E-state index contributed by atoms with van der Waals surface area (Å²) >= 11 is 0. The van der Waals surface area contributed by atoms with Crippen molar-refractivity contribution >= 4 is 16.8 Å². The normalized spacial score (nSPS) is 11.0. The van der Waals surface area contributed by atoms with Gasteiger partial charge in [0.15, 0.2) is 5.78 Å². The molecule has 0 aliphatic rings. The van der Waals surface area contributed by atoms with E-state index in [4.69, 9.17) is 5.11 Å². The maximum Gasteiger partial charge on any atom is 0.188 e. The van der Waals surface area contributed by atoms with Crippen LogP contribution in [0.25, 0.3) is 22.4 Å². The Labute approximate surface area is 120 Å². The summed E-state index contributed by atoms with van der Waals surface area (Å²) < 4.78 is 13.6. The molecule has 3 rings (SSSR count). The molecule has 0 fully saturated rings. The monoisotopic (exact) mass is 284 g/mol. The molecule has 0 saturated carbocycles. The van der Waals surface area contributed by atoms with Crippen molar-refractivity contribution in [3.8, 4) is 11.4 Å². The Morgan fingerprint density at radius 3 is 2.90 bits per heavy atom. The first-order valence-corrected chi connectivity index (χ1v) is 6.49. The molecular weight excluding hydrogens is 271 g/mol. The van der Waals surface area contributed by atoms with Crippen LogP contribution in [0, 0.1) is 12.7 Å². The summed E-state index contributed by atoms with van der Waals surface area (Å²) in [4.78, 5) is 19.0. The lowest BCUT2D eigenvalue weighted by Gasteiger charge is -2.02. The molecular formula is C16H13FN2O2. The van der Waals surface area contributed by atoms with Crippen molar-refractivity contribution in [1.29, 1.82) is 0 Å². The number of ketones is 1. The maximum absolute atomic E-state index is 13.6. The number of aliphatic hydroxyl groups excluding tert-OH is 1. The fourth-order valence-corrected chi connectivity index (χ4v) is 2.27. The van der Waals surface area contributed by atoms with Gasteiger partial charge in [-0.25, -0.2) is 9.37 Å². The van der Waals surface area contributed by atoms with E-state index in [1.54, 1.807) is 37.3 Å². The molecule has 0 radical (unpaired) electrons. The Kier molecular flexibility index (Phi) is 3.27. The minimum absolute atomic E-state index is 0.288. The number of halogens is 1. The van der Waals surface area contributed by atoms with Crippen LogP contribution in [0.2, 0.25) is 0 Å². The number of aliphatic hydroxyl groups is 1. The molecule has 21 heavy (non-hydrogen) atoms. The van der Waals surface area contributed by atoms with Crippen molar-refractivity contribution in [2.75, 3.05) is 6.61 Å². The van der Waals surface area contributed by atoms with Crippen LogP contribution in [0.1, 0.15) is 15.9 Å². The van der Waals surface area contributed by atoms with Crippen molar-refractivity contribution < 1.29 is 14.3 Å². The first-order valence-electron chi connectivity index (χ1n) is 6.49. The van der Waals surface area contributed by atoms with Gasteiger partial charge in [0.05, 0.1) is 11.0 Å². The number of aromatic nitrogens is 2. The minimum atomic E-state index is -0.532. The number of benzene rings is 2. The van der Waals surface area contributed by atoms with Crippen LogP contribution in [0.4, 0.5) is 4.39 Å². The highest BCUT2D eigenvalue weighted by molar-refractivity contribution is 5.99. The van der Waals surface area contributed by atoms with Crippen LogP contribution in [-0.4, -0.2) is 27.5 Å². The van der Waals surface area contributed by atoms with Crippen LogP contribution in [0.15, 0.2) is 36.4 Å². The van der Waals surface area contributed by atoms with E-state index in [1.165, 1.54) is 6.07 Å². The molecule has 2 aromatic carbocycles. The number of hydrogen-bond acceptors (Lipinski definition) is 3. The van der Waals surface area contributed by atoms with Crippen LogP contribution in [0.5, 0.6) is 0 Å². The number of carbonyl (C=O) groups is 1. The number of aromatic amines is 1. The molecule has 106 valence electrons. The van der Waals surface area contributed by atoms with Gasteiger partial charge in [-0.3, -0.25) is 4.79 Å². The molecule has 4 nitrogen and oxygen atoms in total. The number of nitrogens with one attached hydrogen (secondary N) is 1. The number of Topliss-reactive ketones (excluding diaryl/α,β-unsaturated/α-hetero) is 1. The van der Waals surface area contributed by atoms with Gasteiger partial charge in [0.25, 0.3) is 0 Å². The third-order valence-electron chi connectivity index (χ3n) is 3.47. The Hall–Kier alpha value is -2.53. The molecule has 5 heteroatoms. The summed E-state index contributed by atoms with van der Waals surface area (Å²) in [6.07, 6.45) is 0. The largest absolute Gasteiger partial charge is 0.388 e. The van der Waals surface area contributed by atoms with Crippen molar-refractivity contribution in [2.24, 2.45) is 0 Å². The van der Waals surface area contributed by atoms with Crippen LogP contribution < -0.4 is 0 Å². The lowest BCUT2D eigenvalue weighted by atomic mass is 10.1. The smallest absolute Gasteiger partial charge is 0.188 e. The molecule has 1 heterocycles. The van der Waals surface area contributed by atoms with Gasteiger partial charge < -0.3 is 10.1 Å². The second-order valence-corrected chi connectivity index (χ2v) is 4.81. The van der Waals surface area contributed by atoms with Crippen molar-refractivity contribution in [1.82, 2.24) is 9.97 Å². The second-order valence-electron chi connectivity index (χ2n) is 4.81. The van der Waals surface area contributed by atoms with Crippen LogP contribution >= 0.6 is 0 Å². The highest BCUT2D eigenvalue weighted by Gasteiger charge is 2.12. The molecule has 0 amide bonds. The summed E-state index contributed by atoms with van der Waals surface area (Å²) in [5.41, 5.74) is 2.97. The minimum Gasteiger partial charge on any atom is -0.388 e. The van der Waals surface area contributed by atoms with Gasteiger partial charge in [-0.1, -0.05) is 12.1 Å². The van der Waals surface area contributed by atoms with E-state index in [1.807, 2.05) is 0 Å². The molecule has 1 aromatic heterocycles. The summed E-state index contributed by atoms with van der Waals surface area (Å²) in [7, 11) is 0. The van der Waals surface area contributed by atoms with E-state index in [-0.39, 0.29) is 11.6 Å². The van der Waals surface area contributed by atoms with E-state index in [0.29, 0.717) is 33.5 Å². The third kappa shape index (κ3) is 2.32. The first-order chi connectivity index (χ1) is 10.1. The standard InChI is InChI=1S/C16H13FN2O2/c1-9-11(3-2-4-12(9)17)16-18-13-6-5-10(15(21)8-20)7-14(13)19-16/h2-7,20H,8H2,1H3,(H,18,19). The number of H-pyrrole nitrogens is 1. The molecule has 3 aromatic rings. The Balaban J connectivity index is 2.13. The summed E-state index contributed by atoms with van der Waals surface area (Å²) in [6.45, 7) is 1.16. The quantitative estimate of drug-likeness (QED) is 0.727. The number of fused-ring (bicyclic) bond motifs is 1. The molecule has 0 bridgehead atoms.